The summed E-state index contributed by atoms with van der Waals surface area (Å²) < 4.78 is 5.57. The molecule has 6 nitrogen and oxygen atoms in total. The van der Waals surface area contributed by atoms with Gasteiger partial charge in [-0.3, -0.25) is 9.59 Å². The zero-order chi connectivity index (χ0) is 24.5. The number of halogens is 1. The lowest BCUT2D eigenvalue weighted by atomic mass is 9.79. The van der Waals surface area contributed by atoms with E-state index in [9.17, 15) is 9.59 Å². The minimum Gasteiger partial charge on any atom is -0.496 e. The molecule has 0 radical (unpaired) electrons. The Morgan fingerprint density at radius 2 is 1.86 bits per heavy atom. The maximum absolute atomic E-state index is 13.5. The van der Waals surface area contributed by atoms with Gasteiger partial charge in [-0.1, -0.05) is 73.1 Å². The molecule has 0 N–H and O–H groups in total. The van der Waals surface area contributed by atoms with E-state index in [2.05, 4.69) is 4.99 Å². The van der Waals surface area contributed by atoms with E-state index in [0.29, 0.717) is 34.2 Å². The number of nitrogens with zero attached hydrogens (tertiary/aromatic N) is 3. The summed E-state index contributed by atoms with van der Waals surface area (Å²) in [5.74, 6) is -0.114. The second-order valence-electron chi connectivity index (χ2n) is 8.46. The summed E-state index contributed by atoms with van der Waals surface area (Å²) in [5.41, 5.74) is 4.13. The predicted molar refractivity (Wildman–Crippen MR) is 137 cm³/mol. The highest BCUT2D eigenvalue weighted by atomic mass is 35.5. The van der Waals surface area contributed by atoms with Crippen LogP contribution in [0.1, 0.15) is 36.9 Å². The van der Waals surface area contributed by atoms with Crippen LogP contribution in [0.5, 0.6) is 5.75 Å². The Bertz CT molecular complexity index is 1350. The van der Waals surface area contributed by atoms with E-state index in [4.69, 9.17) is 21.4 Å². The Morgan fingerprint density at radius 3 is 2.60 bits per heavy atom. The molecular formula is C28H24ClN3O3. The first-order valence-electron chi connectivity index (χ1n) is 11.5. The average Bonchev–Trinajstić information content (AvgIpc) is 3.33. The molecule has 0 spiro atoms. The summed E-state index contributed by atoms with van der Waals surface area (Å²) >= 11 is 6.37. The molecular weight excluding hydrogens is 462 g/mol. The normalized spacial score (nSPS) is 21.4. The number of benzene rings is 2. The number of para-hydroxylation sites is 1. The van der Waals surface area contributed by atoms with Gasteiger partial charge in [0.15, 0.2) is 0 Å². The standard InChI is InChI=1S/C28H24ClN3O3/c1-3-25(33)32-23(19-11-7-8-12-24(19)35-2)16-22(31-32)27-26(17-9-5-4-6-10-17)20-15-18(29)13-14-21(20)30-28(27)34/h4-15,20,23H,3,16H2,1-2H3. The number of carbonyl (C=O) groups excluding carboxylic acids is 2. The maximum atomic E-state index is 13.5. The van der Waals surface area contributed by atoms with Gasteiger partial charge in [0.2, 0.25) is 5.91 Å². The zero-order valence-corrected chi connectivity index (χ0v) is 20.2. The number of hydrogen-bond acceptors (Lipinski definition) is 4. The molecule has 176 valence electrons. The molecule has 5 rings (SSSR count). The number of amides is 2. The maximum Gasteiger partial charge on any atom is 0.279 e. The van der Waals surface area contributed by atoms with Crippen LogP contribution in [0, 0.1) is 5.92 Å². The lowest BCUT2D eigenvalue weighted by molar-refractivity contribution is -0.132. The van der Waals surface area contributed by atoms with E-state index < -0.39 is 0 Å². The molecule has 2 heterocycles. The third-order valence-electron chi connectivity index (χ3n) is 6.42. The molecule has 2 atom stereocenters. The molecule has 1 aliphatic carbocycles. The van der Waals surface area contributed by atoms with Crippen LogP contribution in [0.3, 0.4) is 0 Å². The number of hydrazone groups is 1. The largest absolute Gasteiger partial charge is 0.496 e. The number of ether oxygens (including phenoxy) is 1. The van der Waals surface area contributed by atoms with E-state index in [0.717, 1.165) is 16.7 Å². The SMILES string of the molecule is CCC(=O)N1N=C(C2=C(c3ccccc3)C3C=C(Cl)C=CC3=NC2=O)CC1c1ccccc1OC. The molecule has 2 aromatic rings. The Labute approximate surface area is 209 Å². The van der Waals surface area contributed by atoms with Crippen LogP contribution in [-0.4, -0.2) is 35.4 Å². The molecule has 2 unspecified atom stereocenters. The number of allylic oxidation sites excluding steroid dienone is 5. The van der Waals surface area contributed by atoms with Crippen LogP contribution in [0.2, 0.25) is 0 Å². The smallest absolute Gasteiger partial charge is 0.279 e. The summed E-state index contributed by atoms with van der Waals surface area (Å²) in [7, 11) is 1.60. The van der Waals surface area contributed by atoms with Gasteiger partial charge in [-0.05, 0) is 29.4 Å². The highest BCUT2D eigenvalue weighted by Crippen LogP contribution is 2.42. The molecule has 0 aromatic heterocycles. The van der Waals surface area contributed by atoms with Gasteiger partial charge in [-0.2, -0.15) is 5.10 Å². The first-order chi connectivity index (χ1) is 17.0. The molecule has 0 saturated carbocycles. The lowest BCUT2D eigenvalue weighted by Crippen LogP contribution is -2.27. The van der Waals surface area contributed by atoms with Crippen molar-refractivity contribution in [3.8, 4) is 5.75 Å². The highest BCUT2D eigenvalue weighted by Gasteiger charge is 2.40. The minimum absolute atomic E-state index is 0.131. The fraction of sp³-hybridized carbons (Fsp3) is 0.214. The van der Waals surface area contributed by atoms with Gasteiger partial charge in [-0.25, -0.2) is 10.0 Å². The first-order valence-corrected chi connectivity index (χ1v) is 11.9. The molecule has 7 heteroatoms. The monoisotopic (exact) mass is 485 g/mol. The summed E-state index contributed by atoms with van der Waals surface area (Å²) in [5, 5.41) is 6.79. The number of carbonyl (C=O) groups is 2. The summed E-state index contributed by atoms with van der Waals surface area (Å²) in [6.45, 7) is 1.80. The Balaban J connectivity index is 1.68. The van der Waals surface area contributed by atoms with Crippen LogP contribution in [0.25, 0.3) is 5.57 Å². The molecule has 3 aliphatic rings. The van der Waals surface area contributed by atoms with Crippen molar-refractivity contribution in [3.05, 3.63) is 94.6 Å². The van der Waals surface area contributed by atoms with Crippen molar-refractivity contribution in [1.29, 1.82) is 0 Å². The van der Waals surface area contributed by atoms with Gasteiger partial charge < -0.3 is 4.74 Å². The van der Waals surface area contributed by atoms with E-state index in [1.54, 1.807) is 26.2 Å². The average molecular weight is 486 g/mol. The molecule has 2 aliphatic heterocycles. The molecule has 2 aromatic carbocycles. The van der Waals surface area contributed by atoms with Crippen molar-refractivity contribution < 1.29 is 14.3 Å². The second-order valence-corrected chi connectivity index (χ2v) is 8.90. The molecule has 2 amide bonds. The zero-order valence-electron chi connectivity index (χ0n) is 19.4. The molecule has 0 fully saturated rings. The quantitative estimate of drug-likeness (QED) is 0.563. The summed E-state index contributed by atoms with van der Waals surface area (Å²) in [6.07, 6.45) is 6.08. The van der Waals surface area contributed by atoms with Crippen molar-refractivity contribution in [2.45, 2.75) is 25.8 Å². The van der Waals surface area contributed by atoms with Crippen molar-refractivity contribution in [1.82, 2.24) is 5.01 Å². The number of aliphatic imine (C=N–C) groups is 1. The molecule has 0 saturated heterocycles. The number of methoxy groups -OCH3 is 1. The Hall–Kier alpha value is -3.77. The van der Waals surface area contributed by atoms with Crippen molar-refractivity contribution in [3.63, 3.8) is 0 Å². The van der Waals surface area contributed by atoms with Crippen molar-refractivity contribution >= 4 is 40.4 Å². The molecule has 0 bridgehead atoms. The highest BCUT2D eigenvalue weighted by molar-refractivity contribution is 6.36. The first kappa shape index (κ1) is 23.0. The van der Waals surface area contributed by atoms with E-state index >= 15 is 0 Å². The summed E-state index contributed by atoms with van der Waals surface area (Å²) in [6, 6.07) is 16.9. The van der Waals surface area contributed by atoms with Gasteiger partial charge >= 0.3 is 0 Å². The number of rotatable bonds is 5. The van der Waals surface area contributed by atoms with Gasteiger partial charge in [0, 0.05) is 29.4 Å². The van der Waals surface area contributed by atoms with Crippen LogP contribution in [0.4, 0.5) is 0 Å². The van der Waals surface area contributed by atoms with Gasteiger partial charge in [0.1, 0.15) is 5.75 Å². The topological polar surface area (TPSA) is 71.3 Å². The predicted octanol–water partition coefficient (Wildman–Crippen LogP) is 5.48. The van der Waals surface area contributed by atoms with Crippen LogP contribution >= 0.6 is 11.6 Å². The fourth-order valence-corrected chi connectivity index (χ4v) is 5.00. The van der Waals surface area contributed by atoms with Crippen LogP contribution in [0.15, 0.2) is 93.5 Å². The Morgan fingerprint density at radius 1 is 1.11 bits per heavy atom. The van der Waals surface area contributed by atoms with E-state index in [1.807, 2.05) is 60.7 Å². The van der Waals surface area contributed by atoms with Gasteiger partial charge in [0.25, 0.3) is 5.91 Å². The van der Waals surface area contributed by atoms with Crippen molar-refractivity contribution in [2.24, 2.45) is 16.0 Å². The Kier molecular flexibility index (Phi) is 6.22. The van der Waals surface area contributed by atoms with Gasteiger partial charge in [-0.15, -0.1) is 0 Å². The third-order valence-corrected chi connectivity index (χ3v) is 6.67. The van der Waals surface area contributed by atoms with E-state index in [-0.39, 0.29) is 30.2 Å². The third kappa shape index (κ3) is 4.15. The van der Waals surface area contributed by atoms with E-state index in [1.165, 1.54) is 5.01 Å². The molecule has 35 heavy (non-hydrogen) atoms. The second kappa shape index (κ2) is 9.47. The van der Waals surface area contributed by atoms with Crippen molar-refractivity contribution in [2.75, 3.05) is 7.11 Å². The number of hydrogen-bond donors (Lipinski definition) is 0. The van der Waals surface area contributed by atoms with Crippen LogP contribution in [-0.2, 0) is 9.59 Å². The van der Waals surface area contributed by atoms with Crippen LogP contribution < -0.4 is 4.74 Å². The summed E-state index contributed by atoms with van der Waals surface area (Å²) in [4.78, 5) is 30.8. The minimum atomic E-state index is -0.387. The lowest BCUT2D eigenvalue weighted by Gasteiger charge is -2.27. The number of fused-ring (bicyclic) bond motifs is 1. The number of dihydropyridines is 1. The van der Waals surface area contributed by atoms with Gasteiger partial charge in [0.05, 0.1) is 30.1 Å². The fourth-order valence-electron chi connectivity index (χ4n) is 4.81.